The van der Waals surface area contributed by atoms with E-state index in [2.05, 4.69) is 10.6 Å². The summed E-state index contributed by atoms with van der Waals surface area (Å²) in [5, 5.41) is 6.73. The molecule has 1 aliphatic heterocycles. The smallest absolute Gasteiger partial charge is 0.317 e. The first-order valence-electron chi connectivity index (χ1n) is 9.20. The molecule has 0 aliphatic carbocycles. The number of carbonyl (C=O) groups is 2. The Morgan fingerprint density at radius 3 is 2.44 bits per heavy atom. The first-order valence-corrected chi connectivity index (χ1v) is 9.57. The van der Waals surface area contributed by atoms with E-state index >= 15 is 0 Å². The molecular weight excluding hydrogens is 362 g/mol. The largest absolute Gasteiger partial charge is 0.349 e. The predicted molar refractivity (Wildman–Crippen MR) is 107 cm³/mol. The zero-order valence-electron chi connectivity index (χ0n) is 15.3. The van der Waals surface area contributed by atoms with Crippen LogP contribution in [0.3, 0.4) is 0 Å². The van der Waals surface area contributed by atoms with Crippen LogP contribution in [0.5, 0.6) is 0 Å². The fraction of sp³-hybridized carbons (Fsp3) is 0.333. The lowest BCUT2D eigenvalue weighted by molar-refractivity contribution is 0.0917. The Labute approximate surface area is 164 Å². The summed E-state index contributed by atoms with van der Waals surface area (Å²) in [4.78, 5) is 26.6. The number of halogens is 1. The van der Waals surface area contributed by atoms with Crippen molar-refractivity contribution in [3.05, 3.63) is 70.7 Å². The predicted octanol–water partition coefficient (Wildman–Crippen LogP) is 4.01. The van der Waals surface area contributed by atoms with Gasteiger partial charge in [-0.25, -0.2) is 4.79 Å². The summed E-state index contributed by atoms with van der Waals surface area (Å²) in [6.45, 7) is 3.18. The third-order valence-electron chi connectivity index (χ3n) is 4.84. The van der Waals surface area contributed by atoms with Crippen molar-refractivity contribution in [3.63, 3.8) is 0 Å². The van der Waals surface area contributed by atoms with Gasteiger partial charge in [0.1, 0.15) is 0 Å². The van der Waals surface area contributed by atoms with Gasteiger partial charge >= 0.3 is 6.03 Å². The Morgan fingerprint density at radius 1 is 1.07 bits per heavy atom. The molecule has 1 fully saturated rings. The molecule has 142 valence electrons. The lowest BCUT2D eigenvalue weighted by Gasteiger charge is -2.33. The average Bonchev–Trinajstić information content (AvgIpc) is 2.69. The number of piperidine rings is 1. The second-order valence-corrected chi connectivity index (χ2v) is 7.26. The number of hydrogen-bond acceptors (Lipinski definition) is 2. The van der Waals surface area contributed by atoms with Gasteiger partial charge in [-0.3, -0.25) is 4.79 Å². The summed E-state index contributed by atoms with van der Waals surface area (Å²) in [7, 11) is 0. The van der Waals surface area contributed by atoms with E-state index in [4.69, 9.17) is 11.6 Å². The minimum atomic E-state index is -0.119. The van der Waals surface area contributed by atoms with Crippen LogP contribution in [-0.4, -0.2) is 36.0 Å². The second-order valence-electron chi connectivity index (χ2n) is 6.83. The van der Waals surface area contributed by atoms with Crippen LogP contribution >= 0.6 is 11.6 Å². The summed E-state index contributed by atoms with van der Waals surface area (Å²) < 4.78 is 0. The van der Waals surface area contributed by atoms with E-state index in [9.17, 15) is 9.59 Å². The molecular formula is C21H24ClN3O2. The third-order valence-corrected chi connectivity index (χ3v) is 5.08. The van der Waals surface area contributed by atoms with Crippen LogP contribution in [0.25, 0.3) is 0 Å². The molecule has 0 aromatic heterocycles. The number of urea groups is 1. The van der Waals surface area contributed by atoms with Crippen molar-refractivity contribution in [2.75, 3.05) is 13.1 Å². The Bertz CT molecular complexity index is 789. The highest BCUT2D eigenvalue weighted by molar-refractivity contribution is 6.30. The quantitative estimate of drug-likeness (QED) is 0.835. The molecule has 2 N–H and O–H groups in total. The third kappa shape index (κ3) is 5.23. The van der Waals surface area contributed by atoms with Gasteiger partial charge < -0.3 is 15.5 Å². The van der Waals surface area contributed by atoms with Crippen molar-refractivity contribution in [1.29, 1.82) is 0 Å². The lowest BCUT2D eigenvalue weighted by atomic mass is 10.0. The average molecular weight is 386 g/mol. The normalized spacial score (nSPS) is 15.9. The van der Waals surface area contributed by atoms with E-state index in [0.717, 1.165) is 18.4 Å². The first-order chi connectivity index (χ1) is 13.0. The van der Waals surface area contributed by atoms with Crippen LogP contribution in [0, 0.1) is 0 Å². The van der Waals surface area contributed by atoms with Crippen LogP contribution < -0.4 is 10.6 Å². The van der Waals surface area contributed by atoms with E-state index in [1.54, 1.807) is 17.0 Å². The number of nitrogens with one attached hydrogen (secondary N) is 2. The van der Waals surface area contributed by atoms with Gasteiger partial charge in [0.05, 0.1) is 6.04 Å². The Balaban J connectivity index is 1.47. The van der Waals surface area contributed by atoms with Crippen molar-refractivity contribution in [1.82, 2.24) is 15.5 Å². The highest BCUT2D eigenvalue weighted by atomic mass is 35.5. The number of nitrogens with zero attached hydrogens (tertiary/aromatic N) is 1. The number of amides is 3. The monoisotopic (exact) mass is 385 g/mol. The van der Waals surface area contributed by atoms with Gasteiger partial charge in [-0.05, 0) is 49.6 Å². The molecule has 1 saturated heterocycles. The van der Waals surface area contributed by atoms with E-state index in [-0.39, 0.29) is 24.0 Å². The Hall–Kier alpha value is -2.53. The number of hydrogen-bond donors (Lipinski definition) is 2. The van der Waals surface area contributed by atoms with Gasteiger partial charge in [0.15, 0.2) is 0 Å². The number of likely N-dealkylation sites (tertiary alicyclic amines) is 1. The van der Waals surface area contributed by atoms with Crippen molar-refractivity contribution >= 4 is 23.5 Å². The van der Waals surface area contributed by atoms with Crippen molar-refractivity contribution < 1.29 is 9.59 Å². The standard InChI is InChI=1S/C21H24ClN3O2/c1-15(17-8-5-9-18(22)14-17)23-21(27)25-12-10-19(11-13-25)24-20(26)16-6-3-2-4-7-16/h2-9,14-15,19H,10-13H2,1H3,(H,23,27)(H,24,26). The van der Waals surface area contributed by atoms with Crippen LogP contribution in [-0.2, 0) is 0 Å². The maximum absolute atomic E-state index is 12.5. The molecule has 0 bridgehead atoms. The van der Waals surface area contributed by atoms with Crippen molar-refractivity contribution in [3.8, 4) is 0 Å². The molecule has 1 aliphatic rings. The second kappa shape index (κ2) is 8.91. The maximum atomic E-state index is 12.5. The highest BCUT2D eigenvalue weighted by Crippen LogP contribution is 2.18. The SMILES string of the molecule is CC(NC(=O)N1CCC(NC(=O)c2ccccc2)CC1)c1cccc(Cl)c1. The van der Waals surface area contributed by atoms with E-state index < -0.39 is 0 Å². The molecule has 2 aromatic rings. The first kappa shape index (κ1) is 19.2. The Morgan fingerprint density at radius 2 is 1.78 bits per heavy atom. The summed E-state index contributed by atoms with van der Waals surface area (Å²) in [6.07, 6.45) is 1.50. The number of carbonyl (C=O) groups excluding carboxylic acids is 2. The number of rotatable bonds is 4. The molecule has 27 heavy (non-hydrogen) atoms. The van der Waals surface area contributed by atoms with Crippen LogP contribution in [0.2, 0.25) is 5.02 Å². The molecule has 0 radical (unpaired) electrons. The summed E-state index contributed by atoms with van der Waals surface area (Å²) in [6, 6.07) is 16.6. The van der Waals surface area contributed by atoms with Crippen LogP contribution in [0.1, 0.15) is 41.7 Å². The molecule has 5 nitrogen and oxygen atoms in total. The van der Waals surface area contributed by atoms with Crippen molar-refractivity contribution in [2.24, 2.45) is 0 Å². The van der Waals surface area contributed by atoms with Gasteiger partial charge in [0.25, 0.3) is 5.91 Å². The Kier molecular flexibility index (Phi) is 6.35. The molecule has 3 rings (SSSR count). The molecule has 1 heterocycles. The van der Waals surface area contributed by atoms with E-state index in [1.165, 1.54) is 0 Å². The van der Waals surface area contributed by atoms with Crippen LogP contribution in [0.4, 0.5) is 4.79 Å². The molecule has 3 amide bonds. The molecule has 0 saturated carbocycles. The lowest BCUT2D eigenvalue weighted by Crippen LogP contribution is -2.49. The zero-order chi connectivity index (χ0) is 19.2. The highest BCUT2D eigenvalue weighted by Gasteiger charge is 2.25. The molecule has 1 atom stereocenters. The number of benzene rings is 2. The van der Waals surface area contributed by atoms with Crippen molar-refractivity contribution in [2.45, 2.75) is 31.8 Å². The minimum Gasteiger partial charge on any atom is -0.349 e. The molecule has 2 aromatic carbocycles. The topological polar surface area (TPSA) is 61.4 Å². The zero-order valence-corrected chi connectivity index (χ0v) is 16.1. The van der Waals surface area contributed by atoms with E-state index in [0.29, 0.717) is 23.7 Å². The van der Waals surface area contributed by atoms with Gasteiger partial charge in [-0.1, -0.05) is 41.9 Å². The summed E-state index contributed by atoms with van der Waals surface area (Å²) >= 11 is 6.02. The summed E-state index contributed by atoms with van der Waals surface area (Å²) in [5.74, 6) is -0.0620. The molecule has 0 spiro atoms. The van der Waals surface area contributed by atoms with E-state index in [1.807, 2.05) is 49.4 Å². The van der Waals surface area contributed by atoms with Gasteiger partial charge in [-0.2, -0.15) is 0 Å². The molecule has 1 unspecified atom stereocenters. The summed E-state index contributed by atoms with van der Waals surface area (Å²) in [5.41, 5.74) is 1.63. The molecule has 6 heteroatoms. The van der Waals surface area contributed by atoms with Crippen LogP contribution in [0.15, 0.2) is 54.6 Å². The fourth-order valence-corrected chi connectivity index (χ4v) is 3.42. The van der Waals surface area contributed by atoms with Gasteiger partial charge in [0.2, 0.25) is 0 Å². The van der Waals surface area contributed by atoms with Gasteiger partial charge in [0, 0.05) is 29.7 Å². The van der Waals surface area contributed by atoms with Gasteiger partial charge in [-0.15, -0.1) is 0 Å². The maximum Gasteiger partial charge on any atom is 0.317 e. The minimum absolute atomic E-state index is 0.0620. The fourth-order valence-electron chi connectivity index (χ4n) is 3.22.